The maximum Gasteiger partial charge on any atom is 0.107 e. The molecule has 0 radical (unpaired) electrons. The van der Waals surface area contributed by atoms with E-state index < -0.39 is 0 Å². The van der Waals surface area contributed by atoms with E-state index in [1.165, 1.54) is 21.0 Å². The maximum absolute atomic E-state index is 4.54. The topological polar surface area (TPSA) is 24.9 Å². The van der Waals surface area contributed by atoms with Gasteiger partial charge in [-0.2, -0.15) is 0 Å². The van der Waals surface area contributed by atoms with Crippen molar-refractivity contribution in [2.45, 2.75) is 40.3 Å². The lowest BCUT2D eigenvalue weighted by Gasteiger charge is -2.08. The Morgan fingerprint density at radius 2 is 1.83 bits per heavy atom. The fourth-order valence-corrected chi connectivity index (χ4v) is 2.90. The average molecular weight is 260 g/mol. The summed E-state index contributed by atoms with van der Waals surface area (Å²) in [6.45, 7) is 8.18. The number of thiazole rings is 1. The van der Waals surface area contributed by atoms with Gasteiger partial charge in [-0.25, -0.2) is 4.98 Å². The second-order valence-corrected chi connectivity index (χ2v) is 5.76. The average Bonchev–Trinajstić information content (AvgIpc) is 2.69. The van der Waals surface area contributed by atoms with Crippen LogP contribution in [0.3, 0.4) is 0 Å². The number of nitrogens with zero attached hydrogens (tertiary/aromatic N) is 1. The van der Waals surface area contributed by atoms with Gasteiger partial charge in [0.15, 0.2) is 0 Å². The first-order valence-electron chi connectivity index (χ1n) is 6.41. The van der Waals surface area contributed by atoms with Crippen LogP contribution in [-0.2, 0) is 19.5 Å². The maximum atomic E-state index is 4.54. The summed E-state index contributed by atoms with van der Waals surface area (Å²) in [5.74, 6) is 0. The van der Waals surface area contributed by atoms with Gasteiger partial charge in [-0.15, -0.1) is 11.3 Å². The number of rotatable bonds is 5. The zero-order chi connectivity index (χ0) is 13.0. The van der Waals surface area contributed by atoms with Crippen molar-refractivity contribution in [3.63, 3.8) is 0 Å². The lowest BCUT2D eigenvalue weighted by atomic mass is 10.1. The van der Waals surface area contributed by atoms with E-state index in [-0.39, 0.29) is 0 Å². The van der Waals surface area contributed by atoms with Crippen molar-refractivity contribution in [2.24, 2.45) is 0 Å². The van der Waals surface area contributed by atoms with Gasteiger partial charge in [0, 0.05) is 18.0 Å². The quantitative estimate of drug-likeness (QED) is 0.888. The summed E-state index contributed by atoms with van der Waals surface area (Å²) >= 11 is 1.79. The molecule has 3 heteroatoms. The van der Waals surface area contributed by atoms with Crippen molar-refractivity contribution < 1.29 is 0 Å². The molecular weight excluding hydrogens is 240 g/mol. The molecule has 0 fully saturated rings. The number of hydrogen-bond acceptors (Lipinski definition) is 3. The van der Waals surface area contributed by atoms with Crippen molar-refractivity contribution in [1.82, 2.24) is 10.3 Å². The van der Waals surface area contributed by atoms with Crippen LogP contribution in [0.25, 0.3) is 0 Å². The molecule has 18 heavy (non-hydrogen) atoms. The van der Waals surface area contributed by atoms with Crippen molar-refractivity contribution in [3.05, 3.63) is 51.0 Å². The highest BCUT2D eigenvalue weighted by molar-refractivity contribution is 7.11. The second kappa shape index (κ2) is 6.12. The molecule has 1 heterocycles. The molecule has 0 spiro atoms. The lowest BCUT2D eigenvalue weighted by molar-refractivity contribution is 0.684. The van der Waals surface area contributed by atoms with Crippen LogP contribution < -0.4 is 5.32 Å². The summed E-state index contributed by atoms with van der Waals surface area (Å²) in [6, 6.07) is 8.61. The molecule has 1 N–H and O–H groups in total. The van der Waals surface area contributed by atoms with Crippen molar-refractivity contribution in [2.75, 3.05) is 0 Å². The third-order valence-electron chi connectivity index (χ3n) is 3.16. The summed E-state index contributed by atoms with van der Waals surface area (Å²) in [7, 11) is 0. The Morgan fingerprint density at radius 3 is 2.44 bits per heavy atom. The highest BCUT2D eigenvalue weighted by Crippen LogP contribution is 2.16. The third-order valence-corrected chi connectivity index (χ3v) is 4.24. The fraction of sp³-hybridized carbons (Fsp3) is 0.400. The standard InChI is InChI=1S/C15H20N2S/c1-4-13-7-5-6-8-14(13)9-16-10-15-17-11(2)12(3)18-15/h5-8,16H,4,9-10H2,1-3H3. The first kappa shape index (κ1) is 13.2. The van der Waals surface area contributed by atoms with Gasteiger partial charge >= 0.3 is 0 Å². The minimum atomic E-state index is 0.859. The Morgan fingerprint density at radius 1 is 1.11 bits per heavy atom. The van der Waals surface area contributed by atoms with Gasteiger partial charge in [-0.05, 0) is 31.4 Å². The minimum Gasteiger partial charge on any atom is -0.306 e. The van der Waals surface area contributed by atoms with E-state index in [0.717, 1.165) is 25.2 Å². The Labute approximate surface area is 113 Å². The molecule has 0 bridgehead atoms. The van der Waals surface area contributed by atoms with Crippen LogP contribution in [0.5, 0.6) is 0 Å². The second-order valence-electron chi connectivity index (χ2n) is 4.48. The predicted molar refractivity (Wildman–Crippen MR) is 78.0 cm³/mol. The molecule has 0 aliphatic rings. The zero-order valence-electron chi connectivity index (χ0n) is 11.3. The van der Waals surface area contributed by atoms with Crippen LogP contribution in [0.2, 0.25) is 0 Å². The smallest absolute Gasteiger partial charge is 0.107 e. The molecule has 1 aromatic heterocycles. The van der Waals surface area contributed by atoms with Crippen LogP contribution >= 0.6 is 11.3 Å². The van der Waals surface area contributed by atoms with Crippen molar-refractivity contribution in [1.29, 1.82) is 0 Å². The SMILES string of the molecule is CCc1ccccc1CNCc1nc(C)c(C)s1. The van der Waals surface area contributed by atoms with E-state index in [1.807, 2.05) is 0 Å². The van der Waals surface area contributed by atoms with Crippen LogP contribution in [0.4, 0.5) is 0 Å². The number of nitrogens with one attached hydrogen (secondary N) is 1. The summed E-state index contributed by atoms with van der Waals surface area (Å²) in [5.41, 5.74) is 3.98. The molecule has 2 aromatic rings. The largest absolute Gasteiger partial charge is 0.306 e. The van der Waals surface area contributed by atoms with E-state index >= 15 is 0 Å². The number of aryl methyl sites for hydroxylation is 3. The van der Waals surface area contributed by atoms with Gasteiger partial charge in [0.05, 0.1) is 5.69 Å². The first-order valence-corrected chi connectivity index (χ1v) is 7.22. The van der Waals surface area contributed by atoms with Crippen molar-refractivity contribution >= 4 is 11.3 Å². The van der Waals surface area contributed by atoms with Crippen LogP contribution in [0.15, 0.2) is 24.3 Å². The third kappa shape index (κ3) is 3.18. The summed E-state index contributed by atoms with van der Waals surface area (Å²) in [5, 5.41) is 4.66. The molecule has 1 aromatic carbocycles. The molecule has 0 atom stereocenters. The van der Waals surface area contributed by atoms with Crippen LogP contribution in [0.1, 0.15) is 33.6 Å². The zero-order valence-corrected chi connectivity index (χ0v) is 12.1. The minimum absolute atomic E-state index is 0.859. The van der Waals surface area contributed by atoms with Crippen molar-refractivity contribution in [3.8, 4) is 0 Å². The Hall–Kier alpha value is -1.19. The Bertz CT molecular complexity index is 497. The molecule has 0 saturated heterocycles. The summed E-state index contributed by atoms with van der Waals surface area (Å²) < 4.78 is 0. The van der Waals surface area contributed by atoms with Gasteiger partial charge < -0.3 is 5.32 Å². The normalized spacial score (nSPS) is 10.8. The van der Waals surface area contributed by atoms with Gasteiger partial charge in [-0.3, -0.25) is 0 Å². The summed E-state index contributed by atoms with van der Waals surface area (Å²) in [4.78, 5) is 5.86. The number of benzene rings is 1. The first-order chi connectivity index (χ1) is 8.70. The fourth-order valence-electron chi connectivity index (χ4n) is 1.99. The molecule has 0 aliphatic heterocycles. The van der Waals surface area contributed by atoms with Gasteiger partial charge in [-0.1, -0.05) is 31.2 Å². The van der Waals surface area contributed by atoms with E-state index in [0.29, 0.717) is 0 Å². The Kier molecular flexibility index (Phi) is 4.50. The van der Waals surface area contributed by atoms with Crippen LogP contribution in [-0.4, -0.2) is 4.98 Å². The van der Waals surface area contributed by atoms with E-state index in [9.17, 15) is 0 Å². The van der Waals surface area contributed by atoms with E-state index in [2.05, 4.69) is 55.3 Å². The molecule has 96 valence electrons. The van der Waals surface area contributed by atoms with Gasteiger partial charge in [0.2, 0.25) is 0 Å². The molecule has 2 rings (SSSR count). The molecule has 2 nitrogen and oxygen atoms in total. The highest BCUT2D eigenvalue weighted by atomic mass is 32.1. The lowest BCUT2D eigenvalue weighted by Crippen LogP contribution is -2.13. The number of hydrogen-bond donors (Lipinski definition) is 1. The summed E-state index contributed by atoms with van der Waals surface area (Å²) in [6.07, 6.45) is 1.09. The molecule has 0 amide bonds. The molecule has 0 unspecified atom stereocenters. The van der Waals surface area contributed by atoms with Gasteiger partial charge in [0.25, 0.3) is 0 Å². The molecular formula is C15H20N2S. The molecule has 0 saturated carbocycles. The number of aromatic nitrogens is 1. The van der Waals surface area contributed by atoms with E-state index in [1.54, 1.807) is 11.3 Å². The van der Waals surface area contributed by atoms with Gasteiger partial charge in [0.1, 0.15) is 5.01 Å². The molecule has 0 aliphatic carbocycles. The monoisotopic (exact) mass is 260 g/mol. The Balaban J connectivity index is 1.92. The highest BCUT2D eigenvalue weighted by Gasteiger charge is 2.04. The van der Waals surface area contributed by atoms with Crippen LogP contribution in [0, 0.1) is 13.8 Å². The predicted octanol–water partition coefficient (Wildman–Crippen LogP) is 3.61. The van der Waals surface area contributed by atoms with E-state index in [4.69, 9.17) is 0 Å².